The first-order chi connectivity index (χ1) is 8.09. The van der Waals surface area contributed by atoms with Crippen molar-refractivity contribution in [2.75, 3.05) is 11.6 Å². The van der Waals surface area contributed by atoms with Gasteiger partial charge in [0.2, 0.25) is 0 Å². The highest BCUT2D eigenvalue weighted by Crippen LogP contribution is 2.26. The van der Waals surface area contributed by atoms with Crippen LogP contribution in [0, 0.1) is 0 Å². The number of nitrogens with one attached hydrogen (secondary N) is 1. The van der Waals surface area contributed by atoms with E-state index in [1.165, 1.54) is 11.8 Å². The van der Waals surface area contributed by atoms with Gasteiger partial charge in [0.1, 0.15) is 11.0 Å². The smallest absolute Gasteiger partial charge is 0.190 e. The van der Waals surface area contributed by atoms with Crippen molar-refractivity contribution in [1.29, 1.82) is 0 Å². The SMILES string of the molecule is CCC(CC)(CC)Nc1cc(Cl)nc(SC)n1. The van der Waals surface area contributed by atoms with Gasteiger partial charge in [-0.3, -0.25) is 0 Å². The normalized spacial score (nSPS) is 11.6. The fourth-order valence-electron chi connectivity index (χ4n) is 1.84. The molecule has 3 nitrogen and oxygen atoms in total. The predicted molar refractivity (Wildman–Crippen MR) is 76.0 cm³/mol. The maximum absolute atomic E-state index is 5.98. The Hall–Kier alpha value is -0.480. The Morgan fingerprint density at radius 1 is 1.24 bits per heavy atom. The Morgan fingerprint density at radius 2 is 1.82 bits per heavy atom. The van der Waals surface area contributed by atoms with E-state index in [4.69, 9.17) is 11.6 Å². The summed E-state index contributed by atoms with van der Waals surface area (Å²) in [5.74, 6) is 0.819. The van der Waals surface area contributed by atoms with Crippen LogP contribution in [0.15, 0.2) is 11.2 Å². The highest BCUT2D eigenvalue weighted by molar-refractivity contribution is 7.98. The summed E-state index contributed by atoms with van der Waals surface area (Å²) in [5.41, 5.74) is 0.105. The quantitative estimate of drug-likeness (QED) is 0.478. The highest BCUT2D eigenvalue weighted by atomic mass is 35.5. The third-order valence-electron chi connectivity index (χ3n) is 3.28. The zero-order chi connectivity index (χ0) is 12.9. The van der Waals surface area contributed by atoms with Crippen LogP contribution < -0.4 is 5.32 Å². The highest BCUT2D eigenvalue weighted by Gasteiger charge is 2.24. The van der Waals surface area contributed by atoms with E-state index in [0.29, 0.717) is 10.3 Å². The van der Waals surface area contributed by atoms with Crippen LogP contribution in [0.3, 0.4) is 0 Å². The second-order valence-electron chi connectivity index (χ2n) is 4.03. The zero-order valence-corrected chi connectivity index (χ0v) is 12.5. The molecule has 17 heavy (non-hydrogen) atoms. The fourth-order valence-corrected chi connectivity index (χ4v) is 2.45. The van der Waals surface area contributed by atoms with Crippen LogP contribution in [-0.4, -0.2) is 21.8 Å². The molecule has 96 valence electrons. The zero-order valence-electron chi connectivity index (χ0n) is 10.9. The monoisotopic (exact) mass is 273 g/mol. The second-order valence-corrected chi connectivity index (χ2v) is 5.19. The Kier molecular flexibility index (Phi) is 5.53. The molecule has 1 aromatic rings. The summed E-state index contributed by atoms with van der Waals surface area (Å²) in [6, 6.07) is 1.79. The minimum atomic E-state index is 0.105. The number of halogens is 1. The molecule has 0 bridgehead atoms. The number of hydrogen-bond donors (Lipinski definition) is 1. The van der Waals surface area contributed by atoms with E-state index in [9.17, 15) is 0 Å². The molecule has 0 saturated heterocycles. The molecule has 1 aromatic heterocycles. The second kappa shape index (κ2) is 6.45. The van der Waals surface area contributed by atoms with Crippen molar-refractivity contribution in [1.82, 2.24) is 9.97 Å². The minimum Gasteiger partial charge on any atom is -0.364 e. The lowest BCUT2D eigenvalue weighted by Crippen LogP contribution is -2.36. The average Bonchev–Trinajstić information content (AvgIpc) is 2.35. The predicted octanol–water partition coefficient (Wildman–Crippen LogP) is 4.23. The first-order valence-electron chi connectivity index (χ1n) is 5.96. The molecule has 5 heteroatoms. The Morgan fingerprint density at radius 3 is 2.29 bits per heavy atom. The van der Waals surface area contributed by atoms with E-state index in [2.05, 4.69) is 36.1 Å². The van der Waals surface area contributed by atoms with Gasteiger partial charge in [-0.15, -0.1) is 0 Å². The Balaban J connectivity index is 2.96. The van der Waals surface area contributed by atoms with Crippen LogP contribution in [0.5, 0.6) is 0 Å². The minimum absolute atomic E-state index is 0.105. The van der Waals surface area contributed by atoms with E-state index in [1.54, 1.807) is 6.07 Å². The van der Waals surface area contributed by atoms with Gasteiger partial charge in [-0.2, -0.15) is 0 Å². The third kappa shape index (κ3) is 3.75. The van der Waals surface area contributed by atoms with Crippen LogP contribution in [0.1, 0.15) is 40.0 Å². The van der Waals surface area contributed by atoms with E-state index in [0.717, 1.165) is 25.1 Å². The molecule has 1 N–H and O–H groups in total. The van der Waals surface area contributed by atoms with Crippen LogP contribution >= 0.6 is 23.4 Å². The molecule has 0 aliphatic heterocycles. The molecule has 1 heterocycles. The first kappa shape index (κ1) is 14.6. The van der Waals surface area contributed by atoms with Crippen LogP contribution in [-0.2, 0) is 0 Å². The van der Waals surface area contributed by atoms with Crippen molar-refractivity contribution in [2.45, 2.75) is 50.7 Å². The molecule has 0 amide bonds. The van der Waals surface area contributed by atoms with E-state index >= 15 is 0 Å². The van der Waals surface area contributed by atoms with Crippen molar-refractivity contribution < 1.29 is 0 Å². The van der Waals surface area contributed by atoms with Gasteiger partial charge in [0.25, 0.3) is 0 Å². The van der Waals surface area contributed by atoms with Gasteiger partial charge in [0.05, 0.1) is 0 Å². The Bertz CT molecular complexity index is 359. The van der Waals surface area contributed by atoms with Crippen LogP contribution in [0.4, 0.5) is 5.82 Å². The summed E-state index contributed by atoms with van der Waals surface area (Å²) >= 11 is 7.48. The van der Waals surface area contributed by atoms with Crippen molar-refractivity contribution in [3.8, 4) is 0 Å². The summed E-state index contributed by atoms with van der Waals surface area (Å²) in [7, 11) is 0. The summed E-state index contributed by atoms with van der Waals surface area (Å²) < 4.78 is 0. The summed E-state index contributed by atoms with van der Waals surface area (Å²) in [6.07, 6.45) is 5.14. The van der Waals surface area contributed by atoms with Gasteiger partial charge in [-0.05, 0) is 25.5 Å². The number of anilines is 1. The molecule has 1 rings (SSSR count). The number of nitrogens with zero attached hydrogens (tertiary/aromatic N) is 2. The van der Waals surface area contributed by atoms with E-state index in [-0.39, 0.29) is 5.54 Å². The van der Waals surface area contributed by atoms with Gasteiger partial charge < -0.3 is 5.32 Å². The fraction of sp³-hybridized carbons (Fsp3) is 0.667. The van der Waals surface area contributed by atoms with Gasteiger partial charge in [-0.25, -0.2) is 9.97 Å². The van der Waals surface area contributed by atoms with Crippen molar-refractivity contribution in [3.05, 3.63) is 11.2 Å². The maximum Gasteiger partial charge on any atom is 0.190 e. The molecular weight excluding hydrogens is 254 g/mol. The number of rotatable bonds is 6. The maximum atomic E-state index is 5.98. The van der Waals surface area contributed by atoms with Crippen LogP contribution in [0.25, 0.3) is 0 Å². The van der Waals surface area contributed by atoms with Crippen molar-refractivity contribution >= 4 is 29.2 Å². The van der Waals surface area contributed by atoms with Crippen molar-refractivity contribution in [2.24, 2.45) is 0 Å². The lowest BCUT2D eigenvalue weighted by Gasteiger charge is -2.32. The molecule has 0 fully saturated rings. The summed E-state index contributed by atoms with van der Waals surface area (Å²) in [4.78, 5) is 8.57. The topological polar surface area (TPSA) is 37.8 Å². The van der Waals surface area contributed by atoms with E-state index in [1.807, 2.05) is 6.26 Å². The molecule has 0 unspecified atom stereocenters. The van der Waals surface area contributed by atoms with Gasteiger partial charge in [-0.1, -0.05) is 44.1 Å². The summed E-state index contributed by atoms with van der Waals surface area (Å²) in [5, 5.41) is 4.70. The number of aromatic nitrogens is 2. The van der Waals surface area contributed by atoms with Crippen molar-refractivity contribution in [3.63, 3.8) is 0 Å². The van der Waals surface area contributed by atoms with Crippen LogP contribution in [0.2, 0.25) is 5.15 Å². The molecule has 0 aliphatic carbocycles. The van der Waals surface area contributed by atoms with E-state index < -0.39 is 0 Å². The molecule has 0 radical (unpaired) electrons. The first-order valence-corrected chi connectivity index (χ1v) is 7.56. The summed E-state index contributed by atoms with van der Waals surface area (Å²) in [6.45, 7) is 6.58. The number of thioether (sulfide) groups is 1. The number of hydrogen-bond acceptors (Lipinski definition) is 4. The molecular formula is C12H20ClN3S. The molecule has 0 aromatic carbocycles. The lowest BCUT2D eigenvalue weighted by atomic mass is 9.90. The molecule has 0 aliphatic rings. The molecule has 0 atom stereocenters. The molecule has 0 saturated carbocycles. The van der Waals surface area contributed by atoms with Gasteiger partial charge >= 0.3 is 0 Å². The Labute approximate surface area is 113 Å². The largest absolute Gasteiger partial charge is 0.364 e. The standard InChI is InChI=1S/C12H20ClN3S/c1-5-12(6-2,7-3)16-10-8-9(13)14-11(15-10)17-4/h8H,5-7H2,1-4H3,(H,14,15,16). The molecule has 0 spiro atoms. The lowest BCUT2D eigenvalue weighted by molar-refractivity contribution is 0.418. The average molecular weight is 274 g/mol. The third-order valence-corrected chi connectivity index (χ3v) is 4.02. The van der Waals surface area contributed by atoms with Gasteiger partial charge in [0.15, 0.2) is 5.16 Å². The van der Waals surface area contributed by atoms with Gasteiger partial charge in [0, 0.05) is 11.6 Å².